The Labute approximate surface area is 99.0 Å². The molecule has 1 aromatic carbocycles. The minimum atomic E-state index is -1.00. The Morgan fingerprint density at radius 2 is 2.18 bits per heavy atom. The van der Waals surface area contributed by atoms with Crippen LogP contribution in [0.4, 0.5) is 0 Å². The van der Waals surface area contributed by atoms with E-state index in [4.69, 9.17) is 9.84 Å². The lowest BCUT2D eigenvalue weighted by Crippen LogP contribution is -2.05. The Bertz CT molecular complexity index is 400. The van der Waals surface area contributed by atoms with Crippen LogP contribution in [-0.4, -0.2) is 30.8 Å². The van der Waals surface area contributed by atoms with Gasteiger partial charge in [-0.1, -0.05) is 6.07 Å². The van der Waals surface area contributed by atoms with Crippen molar-refractivity contribution in [3.63, 3.8) is 0 Å². The Morgan fingerprint density at radius 1 is 1.41 bits per heavy atom. The minimum Gasteiger partial charge on any atom is -0.494 e. The molecule has 0 saturated carbocycles. The number of carboxylic acids is 1. The number of aromatic carboxylic acids is 1. The van der Waals surface area contributed by atoms with Gasteiger partial charge in [0.1, 0.15) is 5.75 Å². The highest BCUT2D eigenvalue weighted by Crippen LogP contribution is 2.13. The molecule has 0 fully saturated rings. The van der Waals surface area contributed by atoms with Gasteiger partial charge in [-0.2, -0.15) is 0 Å². The summed E-state index contributed by atoms with van der Waals surface area (Å²) in [7, 11) is 1.30. The van der Waals surface area contributed by atoms with E-state index in [1.807, 2.05) is 0 Å². The number of esters is 1. The number of carbonyl (C=O) groups excluding carboxylic acids is 1. The van der Waals surface area contributed by atoms with Gasteiger partial charge in [0.2, 0.25) is 0 Å². The van der Waals surface area contributed by atoms with E-state index < -0.39 is 11.9 Å². The number of hydrogen-bond acceptors (Lipinski definition) is 4. The molecule has 0 aliphatic heterocycles. The van der Waals surface area contributed by atoms with Crippen molar-refractivity contribution in [2.24, 2.45) is 0 Å². The molecule has 0 unspecified atom stereocenters. The second-order valence-electron chi connectivity index (χ2n) is 3.20. The predicted octanol–water partition coefficient (Wildman–Crippen LogP) is 1.53. The summed E-state index contributed by atoms with van der Waals surface area (Å²) in [6.45, 7) is 0.290. The lowest BCUT2D eigenvalue weighted by Gasteiger charge is -2.05. The van der Waals surface area contributed by atoms with Gasteiger partial charge in [-0.15, -0.1) is 0 Å². The van der Waals surface area contributed by atoms with Crippen LogP contribution in [0.3, 0.4) is 0 Å². The first-order valence-electron chi connectivity index (χ1n) is 5.01. The van der Waals surface area contributed by atoms with Crippen molar-refractivity contribution >= 4 is 11.9 Å². The van der Waals surface area contributed by atoms with Crippen LogP contribution in [0.2, 0.25) is 0 Å². The molecule has 0 atom stereocenters. The monoisotopic (exact) mass is 237 g/mol. The first kappa shape index (κ1) is 13.0. The summed E-state index contributed by atoms with van der Waals surface area (Å²) >= 11 is 0. The lowest BCUT2D eigenvalue weighted by molar-refractivity contribution is -0.136. The van der Waals surface area contributed by atoms with Gasteiger partial charge in [-0.05, 0) is 24.6 Å². The van der Waals surface area contributed by atoms with Crippen molar-refractivity contribution in [1.82, 2.24) is 0 Å². The van der Waals surface area contributed by atoms with E-state index in [1.165, 1.54) is 25.7 Å². The number of methoxy groups -OCH3 is 1. The molecule has 5 heteroatoms. The van der Waals surface area contributed by atoms with Gasteiger partial charge in [0.25, 0.3) is 0 Å². The van der Waals surface area contributed by atoms with E-state index in [2.05, 4.69) is 4.74 Å². The predicted molar refractivity (Wildman–Crippen MR) is 59.8 cm³/mol. The Kier molecular flexibility index (Phi) is 5.00. The maximum atomic E-state index is 10.8. The first-order chi connectivity index (χ1) is 8.13. The molecule has 0 aromatic heterocycles. The van der Waals surface area contributed by atoms with Crippen LogP contribution in [0, 0.1) is 6.42 Å². The number of carboxylic acid groups (broad SMARTS) is 1. The molecule has 17 heavy (non-hydrogen) atoms. The molecule has 1 N–H and O–H groups in total. The fourth-order valence-electron chi connectivity index (χ4n) is 1.16. The van der Waals surface area contributed by atoms with Gasteiger partial charge in [0.15, 0.2) is 0 Å². The molecule has 1 rings (SSSR count). The maximum absolute atomic E-state index is 10.8. The third kappa shape index (κ3) is 4.55. The van der Waals surface area contributed by atoms with E-state index in [1.54, 1.807) is 12.1 Å². The van der Waals surface area contributed by atoms with Gasteiger partial charge in [-0.25, -0.2) is 4.79 Å². The van der Waals surface area contributed by atoms with Gasteiger partial charge >= 0.3 is 11.9 Å². The molecule has 1 radical (unpaired) electrons. The summed E-state index contributed by atoms with van der Waals surface area (Å²) in [5.74, 6) is -0.951. The molecule has 0 heterocycles. The Balaban J connectivity index is 2.39. The molecule has 0 aliphatic carbocycles. The van der Waals surface area contributed by atoms with Crippen molar-refractivity contribution in [2.45, 2.75) is 6.42 Å². The summed E-state index contributed by atoms with van der Waals surface area (Å²) in [5.41, 5.74) is 0.166. The number of benzene rings is 1. The van der Waals surface area contributed by atoms with Crippen molar-refractivity contribution in [1.29, 1.82) is 0 Å². The normalized spacial score (nSPS) is 9.71. The average molecular weight is 237 g/mol. The minimum absolute atomic E-state index is 0.166. The maximum Gasteiger partial charge on any atom is 0.335 e. The summed E-state index contributed by atoms with van der Waals surface area (Å²) in [6.07, 6.45) is 1.77. The quantitative estimate of drug-likeness (QED) is 0.600. The van der Waals surface area contributed by atoms with Gasteiger partial charge in [-0.3, -0.25) is 4.79 Å². The molecule has 1 aromatic rings. The average Bonchev–Trinajstić information content (AvgIpc) is 2.34. The van der Waals surface area contributed by atoms with Gasteiger partial charge in [0.05, 0.1) is 25.7 Å². The molecular formula is C12H13O5. The zero-order chi connectivity index (χ0) is 12.7. The third-order valence-corrected chi connectivity index (χ3v) is 1.98. The molecule has 91 valence electrons. The fourth-order valence-corrected chi connectivity index (χ4v) is 1.16. The molecule has 0 spiro atoms. The standard InChI is InChI=1S/C12H13O5/c1-16-11(13)6-3-7-17-10-5-2-4-9(8-10)12(14)15/h2,4-6,8H,3,7H2,1H3,(H,14,15). The first-order valence-corrected chi connectivity index (χ1v) is 5.01. The highest BCUT2D eigenvalue weighted by atomic mass is 16.5. The topological polar surface area (TPSA) is 72.8 Å². The van der Waals surface area contributed by atoms with Gasteiger partial charge in [0, 0.05) is 0 Å². The van der Waals surface area contributed by atoms with Crippen LogP contribution in [-0.2, 0) is 9.53 Å². The summed E-state index contributed by atoms with van der Waals surface area (Å²) < 4.78 is 9.71. The van der Waals surface area contributed by atoms with Crippen LogP contribution in [0.5, 0.6) is 5.75 Å². The van der Waals surface area contributed by atoms with E-state index in [9.17, 15) is 9.59 Å². The van der Waals surface area contributed by atoms with Crippen molar-refractivity contribution in [3.8, 4) is 5.75 Å². The summed E-state index contributed by atoms with van der Waals surface area (Å²) in [6, 6.07) is 6.17. The van der Waals surface area contributed by atoms with Crippen LogP contribution in [0.1, 0.15) is 16.8 Å². The van der Waals surface area contributed by atoms with Crippen LogP contribution < -0.4 is 4.74 Å². The molecule has 5 nitrogen and oxygen atoms in total. The summed E-state index contributed by atoms with van der Waals surface area (Å²) in [4.78, 5) is 21.4. The molecular weight excluding hydrogens is 224 g/mol. The van der Waals surface area contributed by atoms with E-state index in [0.717, 1.165) is 0 Å². The second kappa shape index (κ2) is 6.52. The van der Waals surface area contributed by atoms with E-state index >= 15 is 0 Å². The summed E-state index contributed by atoms with van der Waals surface area (Å²) in [5, 5.41) is 8.76. The number of carbonyl (C=O) groups is 2. The van der Waals surface area contributed by atoms with Crippen molar-refractivity contribution < 1.29 is 24.2 Å². The van der Waals surface area contributed by atoms with Crippen LogP contribution in [0.25, 0.3) is 0 Å². The second-order valence-corrected chi connectivity index (χ2v) is 3.20. The molecule has 0 amide bonds. The van der Waals surface area contributed by atoms with Crippen LogP contribution in [0.15, 0.2) is 24.3 Å². The van der Waals surface area contributed by atoms with Crippen LogP contribution >= 0.6 is 0 Å². The zero-order valence-corrected chi connectivity index (χ0v) is 9.38. The lowest BCUT2D eigenvalue weighted by atomic mass is 10.2. The fraction of sp³-hybridized carbons (Fsp3) is 0.250. The van der Waals surface area contributed by atoms with E-state index in [-0.39, 0.29) is 12.2 Å². The zero-order valence-electron chi connectivity index (χ0n) is 9.38. The number of rotatable bonds is 6. The molecule has 0 saturated heterocycles. The van der Waals surface area contributed by atoms with Gasteiger partial charge < -0.3 is 14.6 Å². The van der Waals surface area contributed by atoms with E-state index in [0.29, 0.717) is 12.2 Å². The Hall–Kier alpha value is -2.04. The van der Waals surface area contributed by atoms with Crippen molar-refractivity contribution in [2.75, 3.05) is 13.7 Å². The highest BCUT2D eigenvalue weighted by Gasteiger charge is 2.04. The number of hydrogen-bond donors (Lipinski definition) is 1. The largest absolute Gasteiger partial charge is 0.494 e. The molecule has 0 aliphatic rings. The highest BCUT2D eigenvalue weighted by molar-refractivity contribution is 5.88. The van der Waals surface area contributed by atoms with Crippen molar-refractivity contribution in [3.05, 3.63) is 36.2 Å². The smallest absolute Gasteiger partial charge is 0.335 e. The third-order valence-electron chi connectivity index (χ3n) is 1.98. The number of ether oxygens (including phenoxy) is 2. The molecule has 0 bridgehead atoms. The Morgan fingerprint density at radius 3 is 2.82 bits per heavy atom. The SMILES string of the molecule is COC(=O)[CH]CCOc1cccc(C(=O)O)c1.